The van der Waals surface area contributed by atoms with E-state index in [0.717, 1.165) is 25.7 Å². The van der Waals surface area contributed by atoms with E-state index in [1.54, 1.807) is 4.57 Å². The summed E-state index contributed by atoms with van der Waals surface area (Å²) in [5.41, 5.74) is 0. The highest BCUT2D eigenvalue weighted by Gasteiger charge is 2.23. The molecular formula is C10H18ClN3O2S. The molecule has 7 heteroatoms. The Morgan fingerprint density at radius 3 is 2.41 bits per heavy atom. The van der Waals surface area contributed by atoms with Crippen LogP contribution in [-0.2, 0) is 15.5 Å². The van der Waals surface area contributed by atoms with Gasteiger partial charge in [-0.2, -0.15) is 0 Å². The highest BCUT2D eigenvalue weighted by molar-refractivity contribution is 8.13. The second-order valence-corrected chi connectivity index (χ2v) is 6.72. The molecule has 0 amide bonds. The van der Waals surface area contributed by atoms with Crippen LogP contribution in [0.4, 0.5) is 0 Å². The molecule has 0 aliphatic heterocycles. The van der Waals surface area contributed by atoms with Crippen molar-refractivity contribution in [2.24, 2.45) is 0 Å². The third-order valence-electron chi connectivity index (χ3n) is 2.47. The Morgan fingerprint density at radius 2 is 1.94 bits per heavy atom. The van der Waals surface area contributed by atoms with Gasteiger partial charge in [-0.1, -0.05) is 19.8 Å². The second-order valence-electron chi connectivity index (χ2n) is 4.26. The van der Waals surface area contributed by atoms with Crippen molar-refractivity contribution in [3.05, 3.63) is 5.82 Å². The number of nitrogens with zero attached hydrogens (tertiary/aromatic N) is 3. The minimum Gasteiger partial charge on any atom is -0.298 e. The molecule has 0 fully saturated rings. The lowest BCUT2D eigenvalue weighted by atomic mass is 10.2. The molecule has 5 nitrogen and oxygen atoms in total. The molecule has 0 aliphatic rings. The number of hydrogen-bond acceptors (Lipinski definition) is 4. The number of aromatic nitrogens is 3. The first-order valence-electron chi connectivity index (χ1n) is 5.76. The Hall–Kier alpha value is -0.620. The second kappa shape index (κ2) is 5.82. The zero-order valence-electron chi connectivity index (χ0n) is 10.4. The molecule has 1 aromatic rings. The van der Waals surface area contributed by atoms with Crippen molar-refractivity contribution in [1.82, 2.24) is 14.8 Å². The average Bonchev–Trinajstić information content (AvgIpc) is 2.61. The monoisotopic (exact) mass is 279 g/mol. The lowest BCUT2D eigenvalue weighted by Gasteiger charge is -2.12. The van der Waals surface area contributed by atoms with E-state index in [-0.39, 0.29) is 11.2 Å². The van der Waals surface area contributed by atoms with Crippen molar-refractivity contribution < 1.29 is 8.42 Å². The van der Waals surface area contributed by atoms with Crippen LogP contribution in [0, 0.1) is 0 Å². The molecule has 0 saturated heterocycles. The smallest absolute Gasteiger partial charge is 0.296 e. The molecule has 0 N–H and O–H groups in total. The predicted molar refractivity (Wildman–Crippen MR) is 66.7 cm³/mol. The number of halogens is 1. The van der Waals surface area contributed by atoms with Crippen LogP contribution in [0.3, 0.4) is 0 Å². The Labute approximate surface area is 107 Å². The lowest BCUT2D eigenvalue weighted by Crippen LogP contribution is -2.12. The van der Waals surface area contributed by atoms with Gasteiger partial charge in [0.15, 0.2) is 0 Å². The fourth-order valence-corrected chi connectivity index (χ4v) is 2.70. The van der Waals surface area contributed by atoms with E-state index in [4.69, 9.17) is 10.7 Å². The summed E-state index contributed by atoms with van der Waals surface area (Å²) in [6.07, 6.45) is 3.90. The summed E-state index contributed by atoms with van der Waals surface area (Å²) in [5.74, 6) is 0.688. The van der Waals surface area contributed by atoms with E-state index in [9.17, 15) is 8.42 Å². The van der Waals surface area contributed by atoms with Crippen LogP contribution in [0.2, 0.25) is 0 Å². The van der Waals surface area contributed by atoms with Crippen molar-refractivity contribution in [3.8, 4) is 0 Å². The maximum Gasteiger partial charge on any atom is 0.296 e. The minimum absolute atomic E-state index is 0.0230. The molecule has 0 saturated carbocycles. The SMILES string of the molecule is CCCCCc1nnc(S(=O)(=O)Cl)n1C(C)C. The summed E-state index contributed by atoms with van der Waals surface area (Å²) >= 11 is 0. The number of aryl methyl sites for hydroxylation is 1. The zero-order valence-corrected chi connectivity index (χ0v) is 11.9. The minimum atomic E-state index is -3.83. The Bertz CT molecular complexity index is 468. The van der Waals surface area contributed by atoms with Gasteiger partial charge < -0.3 is 0 Å². The molecule has 0 unspecified atom stereocenters. The average molecular weight is 280 g/mol. The van der Waals surface area contributed by atoms with Gasteiger partial charge in [0.1, 0.15) is 5.82 Å². The van der Waals surface area contributed by atoms with Gasteiger partial charge in [-0.3, -0.25) is 4.57 Å². The van der Waals surface area contributed by atoms with Crippen molar-refractivity contribution in [2.75, 3.05) is 0 Å². The van der Waals surface area contributed by atoms with Crippen molar-refractivity contribution in [3.63, 3.8) is 0 Å². The largest absolute Gasteiger partial charge is 0.298 e. The topological polar surface area (TPSA) is 64.8 Å². The third-order valence-corrected chi connectivity index (χ3v) is 3.60. The third kappa shape index (κ3) is 3.67. The molecule has 17 heavy (non-hydrogen) atoms. The van der Waals surface area contributed by atoms with E-state index in [1.165, 1.54) is 0 Å². The van der Waals surface area contributed by atoms with E-state index >= 15 is 0 Å². The van der Waals surface area contributed by atoms with E-state index in [2.05, 4.69) is 17.1 Å². The normalized spacial score (nSPS) is 12.3. The van der Waals surface area contributed by atoms with Crippen LogP contribution in [0.25, 0.3) is 0 Å². The van der Waals surface area contributed by atoms with Gasteiger partial charge in [-0.25, -0.2) is 8.42 Å². The van der Waals surface area contributed by atoms with Gasteiger partial charge in [-0.05, 0) is 20.3 Å². The Kier molecular flexibility index (Phi) is 4.94. The van der Waals surface area contributed by atoms with Crippen LogP contribution in [0.15, 0.2) is 5.16 Å². The van der Waals surface area contributed by atoms with Crippen LogP contribution in [-0.4, -0.2) is 23.2 Å². The molecule has 0 aliphatic carbocycles. The van der Waals surface area contributed by atoms with Crippen LogP contribution in [0.1, 0.15) is 51.9 Å². The maximum atomic E-state index is 11.3. The zero-order chi connectivity index (χ0) is 13.1. The molecule has 0 bridgehead atoms. The van der Waals surface area contributed by atoms with Gasteiger partial charge >= 0.3 is 0 Å². The summed E-state index contributed by atoms with van der Waals surface area (Å²) < 4.78 is 24.3. The van der Waals surface area contributed by atoms with Gasteiger partial charge in [0.2, 0.25) is 0 Å². The van der Waals surface area contributed by atoms with Crippen LogP contribution >= 0.6 is 10.7 Å². The molecule has 0 spiro atoms. The summed E-state index contributed by atoms with van der Waals surface area (Å²) in [6.45, 7) is 5.89. The Morgan fingerprint density at radius 1 is 1.29 bits per heavy atom. The van der Waals surface area contributed by atoms with Gasteiger partial charge in [0.05, 0.1) is 0 Å². The fraction of sp³-hybridized carbons (Fsp3) is 0.800. The quantitative estimate of drug-likeness (QED) is 0.593. The van der Waals surface area contributed by atoms with Gasteiger partial charge in [0.25, 0.3) is 14.2 Å². The first kappa shape index (κ1) is 14.4. The maximum absolute atomic E-state index is 11.3. The van der Waals surface area contributed by atoms with Gasteiger partial charge in [0, 0.05) is 23.1 Å². The standard InChI is InChI=1S/C10H18ClN3O2S/c1-4-5-6-7-9-12-13-10(17(11,15)16)14(9)8(2)3/h8H,4-7H2,1-3H3. The highest BCUT2D eigenvalue weighted by Crippen LogP contribution is 2.20. The fourth-order valence-electron chi connectivity index (χ4n) is 1.70. The number of rotatable bonds is 6. The first-order valence-corrected chi connectivity index (χ1v) is 8.07. The van der Waals surface area contributed by atoms with Crippen LogP contribution in [0.5, 0.6) is 0 Å². The summed E-state index contributed by atoms with van der Waals surface area (Å²) in [6, 6.07) is -0.0230. The molecule has 0 radical (unpaired) electrons. The summed E-state index contributed by atoms with van der Waals surface area (Å²) in [4.78, 5) is 0. The molecule has 0 aromatic carbocycles. The predicted octanol–water partition coefficient (Wildman–Crippen LogP) is 2.52. The van der Waals surface area contributed by atoms with Crippen LogP contribution < -0.4 is 0 Å². The summed E-state index contributed by atoms with van der Waals surface area (Å²) in [7, 11) is 1.50. The van der Waals surface area contributed by atoms with Crippen molar-refractivity contribution in [1.29, 1.82) is 0 Å². The van der Waals surface area contributed by atoms with E-state index < -0.39 is 9.05 Å². The van der Waals surface area contributed by atoms with Gasteiger partial charge in [-0.15, -0.1) is 10.2 Å². The molecule has 1 rings (SSSR count). The molecular weight excluding hydrogens is 262 g/mol. The van der Waals surface area contributed by atoms with Crippen molar-refractivity contribution >= 4 is 19.7 Å². The Balaban J connectivity index is 3.03. The summed E-state index contributed by atoms with van der Waals surface area (Å²) in [5, 5.41) is 7.45. The van der Waals surface area contributed by atoms with Crippen molar-refractivity contribution in [2.45, 2.75) is 57.7 Å². The molecule has 1 aromatic heterocycles. The van der Waals surface area contributed by atoms with E-state index in [1.807, 2.05) is 13.8 Å². The number of hydrogen-bond donors (Lipinski definition) is 0. The molecule has 0 atom stereocenters. The van der Waals surface area contributed by atoms with E-state index in [0.29, 0.717) is 5.82 Å². The lowest BCUT2D eigenvalue weighted by molar-refractivity contribution is 0.503. The number of unbranched alkanes of at least 4 members (excludes halogenated alkanes) is 2. The molecule has 98 valence electrons. The molecule has 1 heterocycles. The first-order chi connectivity index (χ1) is 7.88. The highest BCUT2D eigenvalue weighted by atomic mass is 35.7.